The molecular formula is C26H38I2N4O4. The number of nitrogens with zero attached hydrogens (tertiary/aromatic N) is 4. The van der Waals surface area contributed by atoms with Crippen molar-refractivity contribution in [2.45, 2.75) is 91.1 Å². The third-order valence-corrected chi connectivity index (χ3v) is 9.31. The third kappa shape index (κ3) is 7.67. The number of ether oxygens (including phenoxy) is 2. The van der Waals surface area contributed by atoms with Crippen molar-refractivity contribution in [3.8, 4) is 0 Å². The molecule has 2 aromatic heterocycles. The normalized spacial score (nSPS) is 23.9. The average molecular weight is 724 g/mol. The molecule has 0 saturated heterocycles. The van der Waals surface area contributed by atoms with Crippen molar-refractivity contribution >= 4 is 57.1 Å². The first-order valence-corrected chi connectivity index (χ1v) is 15.1. The second-order valence-electron chi connectivity index (χ2n) is 9.58. The fourth-order valence-corrected chi connectivity index (χ4v) is 5.83. The molecule has 2 aliphatic carbocycles. The highest BCUT2D eigenvalue weighted by atomic mass is 127. The molecule has 2 heterocycles. The van der Waals surface area contributed by atoms with Crippen LogP contribution in [0.5, 0.6) is 0 Å². The maximum absolute atomic E-state index is 11.7. The van der Waals surface area contributed by atoms with Crippen LogP contribution in [-0.2, 0) is 19.1 Å². The molecule has 0 radical (unpaired) electrons. The summed E-state index contributed by atoms with van der Waals surface area (Å²) in [5.74, 6) is 0.137. The number of hydrogen-bond donors (Lipinski definition) is 0. The van der Waals surface area contributed by atoms with E-state index in [1.165, 1.54) is 12.8 Å². The summed E-state index contributed by atoms with van der Waals surface area (Å²) < 4.78 is 16.8. The molecule has 0 bridgehead atoms. The highest BCUT2D eigenvalue weighted by Gasteiger charge is 2.30. The van der Waals surface area contributed by atoms with E-state index in [1.807, 2.05) is 27.0 Å². The molecular weight excluding hydrogens is 686 g/mol. The summed E-state index contributed by atoms with van der Waals surface area (Å²) in [5, 5.41) is 8.97. The number of carbonyl (C=O) groups excluding carboxylic acids is 2. The zero-order chi connectivity index (χ0) is 26.2. The van der Waals surface area contributed by atoms with E-state index in [0.717, 1.165) is 57.1 Å². The van der Waals surface area contributed by atoms with Gasteiger partial charge in [-0.1, -0.05) is 0 Å². The minimum atomic E-state index is -0.0258. The van der Waals surface area contributed by atoms with E-state index in [9.17, 15) is 9.59 Å². The molecule has 2 saturated carbocycles. The van der Waals surface area contributed by atoms with Crippen LogP contribution in [0.15, 0.2) is 12.4 Å². The summed E-state index contributed by atoms with van der Waals surface area (Å²) in [6, 6.07) is 0.886. The van der Waals surface area contributed by atoms with Crippen LogP contribution >= 0.6 is 45.2 Å². The third-order valence-electron chi connectivity index (χ3n) is 7.19. The van der Waals surface area contributed by atoms with Crippen LogP contribution in [0.1, 0.15) is 88.7 Å². The Morgan fingerprint density at radius 2 is 1.36 bits per heavy atom. The van der Waals surface area contributed by atoms with Gasteiger partial charge in [-0.05, 0) is 124 Å². The first-order valence-electron chi connectivity index (χ1n) is 13.0. The lowest BCUT2D eigenvalue weighted by molar-refractivity contribution is -0.150. The van der Waals surface area contributed by atoms with E-state index >= 15 is 0 Å². The Balaban J connectivity index is 0.000000201. The average Bonchev–Trinajstić information content (AvgIpc) is 3.40. The van der Waals surface area contributed by atoms with Crippen LogP contribution in [0.4, 0.5) is 0 Å². The van der Waals surface area contributed by atoms with E-state index in [0.29, 0.717) is 25.3 Å². The fraction of sp³-hybridized carbons (Fsp3) is 0.692. The molecule has 10 heteroatoms. The number of hydrogen-bond acceptors (Lipinski definition) is 6. The summed E-state index contributed by atoms with van der Waals surface area (Å²) >= 11 is 4.62. The number of carbonyl (C=O) groups is 2. The van der Waals surface area contributed by atoms with Gasteiger partial charge >= 0.3 is 11.9 Å². The summed E-state index contributed by atoms with van der Waals surface area (Å²) in [5.41, 5.74) is 2.32. The standard InChI is InChI=1S/2C13H19IN2O2/c1-3-18-13(17)10-4-6-11(7-5-10)16-8-12(14)9(2)15-16;1-3-18-13(17)10-4-6-11(7-5-10)16-9(2)12(14)8-15-16/h2*8,10-11H,3-7H2,1-2H3. The van der Waals surface area contributed by atoms with E-state index in [1.54, 1.807) is 0 Å². The molecule has 0 N–H and O–H groups in total. The van der Waals surface area contributed by atoms with Gasteiger partial charge in [-0.25, -0.2) is 0 Å². The summed E-state index contributed by atoms with van der Waals surface area (Å²) in [7, 11) is 0. The molecule has 0 atom stereocenters. The van der Waals surface area contributed by atoms with Crippen LogP contribution in [-0.4, -0.2) is 44.7 Å². The Labute approximate surface area is 241 Å². The minimum Gasteiger partial charge on any atom is -0.466 e. The van der Waals surface area contributed by atoms with Gasteiger partial charge in [-0.15, -0.1) is 0 Å². The molecule has 2 aliphatic rings. The molecule has 0 amide bonds. The molecule has 0 aliphatic heterocycles. The Hall–Kier alpha value is -1.18. The summed E-state index contributed by atoms with van der Waals surface area (Å²) in [4.78, 5) is 23.3. The Kier molecular flexibility index (Phi) is 11.5. The Morgan fingerprint density at radius 1 is 0.861 bits per heavy atom. The van der Waals surface area contributed by atoms with E-state index in [2.05, 4.69) is 77.9 Å². The van der Waals surface area contributed by atoms with Gasteiger partial charge < -0.3 is 9.47 Å². The predicted octanol–water partition coefficient (Wildman–Crippen LogP) is 6.18. The second kappa shape index (κ2) is 14.1. The Morgan fingerprint density at radius 3 is 1.75 bits per heavy atom. The molecule has 2 fully saturated rings. The van der Waals surface area contributed by atoms with Crippen molar-refractivity contribution < 1.29 is 19.1 Å². The number of aryl methyl sites for hydroxylation is 1. The van der Waals surface area contributed by atoms with Gasteiger partial charge in [0.2, 0.25) is 0 Å². The molecule has 8 nitrogen and oxygen atoms in total. The number of rotatable bonds is 6. The topological polar surface area (TPSA) is 88.2 Å². The van der Waals surface area contributed by atoms with Gasteiger partial charge in [-0.2, -0.15) is 10.2 Å². The van der Waals surface area contributed by atoms with E-state index < -0.39 is 0 Å². The van der Waals surface area contributed by atoms with Crippen LogP contribution < -0.4 is 0 Å². The molecule has 0 aromatic carbocycles. The van der Waals surface area contributed by atoms with Crippen molar-refractivity contribution in [1.82, 2.24) is 19.6 Å². The van der Waals surface area contributed by atoms with Gasteiger partial charge in [0.15, 0.2) is 0 Å². The SMILES string of the molecule is CCOC(=O)C1CCC(n2cc(I)c(C)n2)CC1.CCOC(=O)C1CCC(n2ncc(I)c2C)CC1. The monoisotopic (exact) mass is 724 g/mol. The minimum absolute atomic E-state index is 0.0253. The fourth-order valence-electron chi connectivity index (χ4n) is 5.07. The van der Waals surface area contributed by atoms with E-state index in [4.69, 9.17) is 9.47 Å². The van der Waals surface area contributed by atoms with Gasteiger partial charge in [0.1, 0.15) is 0 Å². The van der Waals surface area contributed by atoms with E-state index in [-0.39, 0.29) is 23.8 Å². The molecule has 0 spiro atoms. The number of aromatic nitrogens is 4. The number of halogens is 2. The second-order valence-corrected chi connectivity index (χ2v) is 11.9. The zero-order valence-corrected chi connectivity index (χ0v) is 26.0. The molecule has 4 rings (SSSR count). The van der Waals surface area contributed by atoms with Crippen molar-refractivity contribution in [2.24, 2.45) is 11.8 Å². The van der Waals surface area contributed by atoms with Crippen molar-refractivity contribution in [2.75, 3.05) is 13.2 Å². The number of esters is 2. The first-order chi connectivity index (χ1) is 17.2. The van der Waals surface area contributed by atoms with Crippen LogP contribution in [0.2, 0.25) is 0 Å². The zero-order valence-electron chi connectivity index (χ0n) is 21.7. The summed E-state index contributed by atoms with van der Waals surface area (Å²) in [6.45, 7) is 8.82. The molecule has 2 aromatic rings. The lowest BCUT2D eigenvalue weighted by Gasteiger charge is -2.28. The maximum atomic E-state index is 11.7. The first kappa shape index (κ1) is 29.4. The highest BCUT2D eigenvalue weighted by molar-refractivity contribution is 14.1. The highest BCUT2D eigenvalue weighted by Crippen LogP contribution is 2.34. The predicted molar refractivity (Wildman–Crippen MR) is 155 cm³/mol. The van der Waals surface area contributed by atoms with Crippen LogP contribution in [0, 0.1) is 32.8 Å². The van der Waals surface area contributed by atoms with Gasteiger partial charge in [0, 0.05) is 11.9 Å². The van der Waals surface area contributed by atoms with Crippen molar-refractivity contribution in [3.05, 3.63) is 30.9 Å². The molecule has 200 valence electrons. The lowest BCUT2D eigenvalue weighted by atomic mass is 9.86. The molecule has 0 unspecified atom stereocenters. The van der Waals surface area contributed by atoms with Gasteiger partial charge in [0.05, 0.1) is 56.2 Å². The maximum Gasteiger partial charge on any atom is 0.308 e. The van der Waals surface area contributed by atoms with Crippen LogP contribution in [0.25, 0.3) is 0 Å². The van der Waals surface area contributed by atoms with Crippen molar-refractivity contribution in [3.63, 3.8) is 0 Å². The van der Waals surface area contributed by atoms with Crippen LogP contribution in [0.3, 0.4) is 0 Å². The summed E-state index contributed by atoms with van der Waals surface area (Å²) in [6.07, 6.45) is 11.7. The quantitative estimate of drug-likeness (QED) is 0.262. The van der Waals surface area contributed by atoms with Crippen molar-refractivity contribution in [1.29, 1.82) is 0 Å². The largest absolute Gasteiger partial charge is 0.466 e. The van der Waals surface area contributed by atoms with Gasteiger partial charge in [-0.3, -0.25) is 19.0 Å². The lowest BCUT2D eigenvalue weighted by Crippen LogP contribution is -2.26. The Bertz CT molecular complexity index is 986. The van der Waals surface area contributed by atoms with Gasteiger partial charge in [0.25, 0.3) is 0 Å². The molecule has 36 heavy (non-hydrogen) atoms. The smallest absolute Gasteiger partial charge is 0.308 e.